The van der Waals surface area contributed by atoms with Crippen LogP contribution in [0.3, 0.4) is 0 Å². The molecule has 2 rings (SSSR count). The van der Waals surface area contributed by atoms with E-state index in [4.69, 9.17) is 17.3 Å². The summed E-state index contributed by atoms with van der Waals surface area (Å²) in [6, 6.07) is 4.76. The first kappa shape index (κ1) is 7.83. The summed E-state index contributed by atoms with van der Waals surface area (Å²) in [5.74, 6) is 0. The van der Waals surface area contributed by atoms with Gasteiger partial charge in [0.1, 0.15) is 0 Å². The van der Waals surface area contributed by atoms with Gasteiger partial charge < -0.3 is 5.73 Å². The highest BCUT2D eigenvalue weighted by Crippen LogP contribution is 2.32. The van der Waals surface area contributed by atoms with Crippen LogP contribution in [0.15, 0.2) is 18.2 Å². The number of anilines is 1. The molecular formula is C8H5ClFNS. The fraction of sp³-hybridized carbons (Fsp3) is 0. The van der Waals surface area contributed by atoms with Crippen LogP contribution in [0.4, 0.5) is 10.1 Å². The second kappa shape index (κ2) is 2.61. The van der Waals surface area contributed by atoms with Gasteiger partial charge in [0.2, 0.25) is 0 Å². The van der Waals surface area contributed by atoms with Crippen LogP contribution in [0.1, 0.15) is 0 Å². The molecule has 0 amide bonds. The number of thiophene rings is 1. The summed E-state index contributed by atoms with van der Waals surface area (Å²) in [5.41, 5.74) is 6.16. The summed E-state index contributed by atoms with van der Waals surface area (Å²) < 4.78 is 13.5. The van der Waals surface area contributed by atoms with Gasteiger partial charge in [-0.1, -0.05) is 11.6 Å². The van der Waals surface area contributed by atoms with Crippen LogP contribution in [0.25, 0.3) is 10.1 Å². The lowest BCUT2D eigenvalue weighted by atomic mass is 10.2. The molecule has 0 fully saturated rings. The van der Waals surface area contributed by atoms with E-state index in [1.54, 1.807) is 12.1 Å². The summed E-state index contributed by atoms with van der Waals surface area (Å²) in [4.78, 5) is 0. The fourth-order valence-electron chi connectivity index (χ4n) is 1.11. The Bertz CT molecular complexity index is 438. The van der Waals surface area contributed by atoms with E-state index in [0.717, 1.165) is 21.4 Å². The lowest BCUT2D eigenvalue weighted by Gasteiger charge is -1.95. The van der Waals surface area contributed by atoms with E-state index in [1.165, 1.54) is 6.07 Å². The van der Waals surface area contributed by atoms with Crippen LogP contribution in [-0.4, -0.2) is 0 Å². The third-order valence-electron chi connectivity index (χ3n) is 1.58. The molecule has 2 N–H and O–H groups in total. The smallest absolute Gasteiger partial charge is 0.177 e. The average molecular weight is 202 g/mol. The largest absolute Gasteiger partial charge is 0.398 e. The van der Waals surface area contributed by atoms with Crippen molar-refractivity contribution in [2.45, 2.75) is 0 Å². The van der Waals surface area contributed by atoms with Gasteiger partial charge in [-0.15, -0.1) is 11.3 Å². The number of hydrogen-bond donors (Lipinski definition) is 1. The van der Waals surface area contributed by atoms with Crippen LogP contribution in [0, 0.1) is 5.13 Å². The van der Waals surface area contributed by atoms with Gasteiger partial charge >= 0.3 is 0 Å². The van der Waals surface area contributed by atoms with Crippen LogP contribution in [0.2, 0.25) is 5.02 Å². The van der Waals surface area contributed by atoms with Crippen LogP contribution in [-0.2, 0) is 0 Å². The van der Waals surface area contributed by atoms with Crippen molar-refractivity contribution in [3.8, 4) is 0 Å². The van der Waals surface area contributed by atoms with E-state index in [0.29, 0.717) is 10.7 Å². The molecular weight excluding hydrogens is 197 g/mol. The Morgan fingerprint density at radius 2 is 2.08 bits per heavy atom. The quantitative estimate of drug-likeness (QED) is 0.651. The summed E-state index contributed by atoms with van der Waals surface area (Å²) in [6.07, 6.45) is 0. The molecule has 0 bridgehead atoms. The Balaban J connectivity index is 2.88. The number of halogens is 2. The number of nitrogen functional groups attached to an aromatic ring is 1. The summed E-state index contributed by atoms with van der Waals surface area (Å²) in [6.45, 7) is 0. The number of fused-ring (bicyclic) bond motifs is 1. The minimum atomic E-state index is -0.237. The summed E-state index contributed by atoms with van der Waals surface area (Å²) in [7, 11) is 0. The predicted octanol–water partition coefficient (Wildman–Crippen LogP) is 3.28. The predicted molar refractivity (Wildman–Crippen MR) is 51.2 cm³/mol. The first-order valence-corrected chi connectivity index (χ1v) is 4.50. The van der Waals surface area contributed by atoms with Crippen molar-refractivity contribution in [3.05, 3.63) is 28.4 Å². The van der Waals surface area contributed by atoms with E-state index >= 15 is 0 Å². The number of benzene rings is 1. The maximum atomic E-state index is 12.8. The van der Waals surface area contributed by atoms with E-state index < -0.39 is 0 Å². The van der Waals surface area contributed by atoms with E-state index in [9.17, 15) is 4.39 Å². The Morgan fingerprint density at radius 3 is 2.83 bits per heavy atom. The molecule has 0 spiro atoms. The molecule has 0 aliphatic heterocycles. The van der Waals surface area contributed by atoms with Crippen molar-refractivity contribution in [1.82, 2.24) is 0 Å². The van der Waals surface area contributed by atoms with Gasteiger partial charge in [0.05, 0.1) is 10.4 Å². The van der Waals surface area contributed by atoms with E-state index in [2.05, 4.69) is 0 Å². The SMILES string of the molecule is Nc1cc(Cl)cc2cc(F)sc12. The monoisotopic (exact) mass is 201 g/mol. The second-order valence-electron chi connectivity index (χ2n) is 2.46. The van der Waals surface area contributed by atoms with Gasteiger partial charge in [0, 0.05) is 5.02 Å². The lowest BCUT2D eigenvalue weighted by Crippen LogP contribution is -1.83. The van der Waals surface area contributed by atoms with Crippen LogP contribution >= 0.6 is 22.9 Å². The Hall–Kier alpha value is -0.800. The zero-order chi connectivity index (χ0) is 8.72. The zero-order valence-electron chi connectivity index (χ0n) is 5.97. The van der Waals surface area contributed by atoms with Crippen molar-refractivity contribution < 1.29 is 4.39 Å². The fourth-order valence-corrected chi connectivity index (χ4v) is 2.14. The third-order valence-corrected chi connectivity index (χ3v) is 2.79. The van der Waals surface area contributed by atoms with Gasteiger partial charge in [-0.25, -0.2) is 0 Å². The Morgan fingerprint density at radius 1 is 1.33 bits per heavy atom. The molecule has 1 heterocycles. The number of nitrogens with two attached hydrogens (primary N) is 1. The van der Waals surface area contributed by atoms with Crippen molar-refractivity contribution >= 4 is 38.7 Å². The molecule has 62 valence electrons. The maximum Gasteiger partial charge on any atom is 0.177 e. The highest BCUT2D eigenvalue weighted by Gasteiger charge is 2.04. The molecule has 4 heteroatoms. The third kappa shape index (κ3) is 1.15. The topological polar surface area (TPSA) is 26.0 Å². The number of rotatable bonds is 0. The second-order valence-corrected chi connectivity index (χ2v) is 3.90. The first-order chi connectivity index (χ1) is 5.66. The van der Waals surface area contributed by atoms with Crippen LogP contribution < -0.4 is 5.73 Å². The average Bonchev–Trinajstić information content (AvgIpc) is 2.29. The van der Waals surface area contributed by atoms with E-state index in [1.807, 2.05) is 0 Å². The zero-order valence-corrected chi connectivity index (χ0v) is 7.55. The molecule has 0 saturated heterocycles. The van der Waals surface area contributed by atoms with Crippen LogP contribution in [0.5, 0.6) is 0 Å². The lowest BCUT2D eigenvalue weighted by molar-refractivity contribution is 0.658. The Labute approximate surface area is 77.6 Å². The molecule has 2 aromatic rings. The van der Waals surface area contributed by atoms with Gasteiger partial charge in [-0.2, -0.15) is 4.39 Å². The molecule has 0 aliphatic rings. The molecule has 1 aromatic carbocycles. The van der Waals surface area contributed by atoms with E-state index in [-0.39, 0.29) is 5.13 Å². The highest BCUT2D eigenvalue weighted by atomic mass is 35.5. The summed E-state index contributed by atoms with van der Waals surface area (Å²) in [5, 5.41) is 1.07. The number of hydrogen-bond acceptors (Lipinski definition) is 2. The molecule has 0 unspecified atom stereocenters. The molecule has 1 nitrogen and oxygen atoms in total. The highest BCUT2D eigenvalue weighted by molar-refractivity contribution is 7.18. The summed E-state index contributed by atoms with van der Waals surface area (Å²) >= 11 is 6.77. The minimum Gasteiger partial charge on any atom is -0.398 e. The van der Waals surface area contributed by atoms with Gasteiger partial charge in [0.25, 0.3) is 0 Å². The molecule has 12 heavy (non-hydrogen) atoms. The van der Waals surface area contributed by atoms with Gasteiger partial charge in [0.15, 0.2) is 5.13 Å². The van der Waals surface area contributed by atoms with Crippen molar-refractivity contribution in [1.29, 1.82) is 0 Å². The van der Waals surface area contributed by atoms with Crippen molar-refractivity contribution in [3.63, 3.8) is 0 Å². The molecule has 0 saturated carbocycles. The molecule has 0 atom stereocenters. The minimum absolute atomic E-state index is 0.237. The van der Waals surface area contributed by atoms with Crippen molar-refractivity contribution in [2.24, 2.45) is 0 Å². The standard InChI is InChI=1S/C8H5ClFNS/c9-5-1-4-2-7(10)12-8(4)6(11)3-5/h1-3H,11H2. The molecule has 1 aromatic heterocycles. The van der Waals surface area contributed by atoms with Crippen molar-refractivity contribution in [2.75, 3.05) is 5.73 Å². The van der Waals surface area contributed by atoms with Gasteiger partial charge in [-0.3, -0.25) is 0 Å². The first-order valence-electron chi connectivity index (χ1n) is 3.31. The Kier molecular flexibility index (Phi) is 1.70. The maximum absolute atomic E-state index is 12.8. The molecule has 0 aliphatic carbocycles. The van der Waals surface area contributed by atoms with Gasteiger partial charge in [-0.05, 0) is 23.6 Å². The molecule has 0 radical (unpaired) electrons. The normalized spacial score (nSPS) is 10.8.